The van der Waals surface area contributed by atoms with Crippen molar-refractivity contribution in [3.63, 3.8) is 0 Å². The van der Waals surface area contributed by atoms with Crippen LogP contribution in [-0.4, -0.2) is 60.4 Å². The molecular formula is C27H30N2O5. The van der Waals surface area contributed by atoms with Crippen molar-refractivity contribution in [3.05, 3.63) is 65.2 Å². The maximum absolute atomic E-state index is 13.0. The fourth-order valence-corrected chi connectivity index (χ4v) is 5.44. The summed E-state index contributed by atoms with van der Waals surface area (Å²) < 4.78 is 10.9. The highest BCUT2D eigenvalue weighted by Gasteiger charge is 2.43. The van der Waals surface area contributed by atoms with E-state index in [9.17, 15) is 14.4 Å². The predicted molar refractivity (Wildman–Crippen MR) is 126 cm³/mol. The van der Waals surface area contributed by atoms with Gasteiger partial charge in [0.2, 0.25) is 5.91 Å². The number of hydrogen-bond donors (Lipinski definition) is 0. The molecule has 0 aliphatic carbocycles. The fraction of sp³-hybridized carbons (Fsp3) is 0.444. The molecule has 2 aromatic carbocycles. The fourth-order valence-electron chi connectivity index (χ4n) is 5.44. The first kappa shape index (κ1) is 22.4. The summed E-state index contributed by atoms with van der Waals surface area (Å²) in [5.74, 6) is 0.490. The van der Waals surface area contributed by atoms with E-state index in [2.05, 4.69) is 0 Å². The largest absolute Gasteiger partial charge is 0.494 e. The Morgan fingerprint density at radius 1 is 1.00 bits per heavy atom. The van der Waals surface area contributed by atoms with E-state index in [1.54, 1.807) is 6.07 Å². The third-order valence-electron chi connectivity index (χ3n) is 7.45. The number of carbonyl (C=O) groups is 3. The third-order valence-corrected chi connectivity index (χ3v) is 7.45. The zero-order chi connectivity index (χ0) is 23.7. The van der Waals surface area contributed by atoms with Gasteiger partial charge in [0.05, 0.1) is 18.6 Å². The van der Waals surface area contributed by atoms with Crippen molar-refractivity contribution in [2.24, 2.45) is 5.41 Å². The molecule has 1 spiro atoms. The highest BCUT2D eigenvalue weighted by atomic mass is 16.5. The molecule has 3 heterocycles. The van der Waals surface area contributed by atoms with E-state index >= 15 is 0 Å². The summed E-state index contributed by atoms with van der Waals surface area (Å²) in [7, 11) is 0. The topological polar surface area (TPSA) is 76.2 Å². The van der Waals surface area contributed by atoms with E-state index in [4.69, 9.17) is 9.47 Å². The van der Waals surface area contributed by atoms with Gasteiger partial charge in [-0.05, 0) is 61.9 Å². The van der Waals surface area contributed by atoms with Crippen molar-refractivity contribution in [1.82, 2.24) is 9.80 Å². The van der Waals surface area contributed by atoms with Crippen molar-refractivity contribution in [2.45, 2.75) is 38.7 Å². The Hall–Kier alpha value is -3.35. The lowest BCUT2D eigenvalue weighted by Gasteiger charge is -2.39. The van der Waals surface area contributed by atoms with Crippen molar-refractivity contribution < 1.29 is 23.9 Å². The van der Waals surface area contributed by atoms with Gasteiger partial charge >= 0.3 is 5.97 Å². The normalized spacial score (nSPS) is 20.9. The smallest absolute Gasteiger partial charge is 0.339 e. The molecule has 5 rings (SSSR count). The SMILES string of the molecule is CCOc1ccc(C(=O)N2CCC3(CCN(C(=O)CC4OC(=O)c5ccccc54)C3)CC2)cc1. The van der Waals surface area contributed by atoms with Crippen LogP contribution in [0.15, 0.2) is 48.5 Å². The monoisotopic (exact) mass is 462 g/mol. The molecule has 0 N–H and O–H groups in total. The van der Waals surface area contributed by atoms with Crippen LogP contribution in [0.25, 0.3) is 0 Å². The minimum absolute atomic E-state index is 0.0271. The van der Waals surface area contributed by atoms with Crippen LogP contribution < -0.4 is 4.74 Å². The average molecular weight is 463 g/mol. The molecule has 0 radical (unpaired) electrons. The number of ether oxygens (including phenoxy) is 2. The number of nitrogens with zero attached hydrogens (tertiary/aromatic N) is 2. The van der Waals surface area contributed by atoms with Crippen LogP contribution in [0.2, 0.25) is 0 Å². The minimum Gasteiger partial charge on any atom is -0.494 e. The molecule has 0 bridgehead atoms. The number of hydrogen-bond acceptors (Lipinski definition) is 5. The minimum atomic E-state index is -0.499. The van der Waals surface area contributed by atoms with E-state index < -0.39 is 6.10 Å². The van der Waals surface area contributed by atoms with Crippen LogP contribution in [0.4, 0.5) is 0 Å². The summed E-state index contributed by atoms with van der Waals surface area (Å²) in [6, 6.07) is 14.6. The highest BCUT2D eigenvalue weighted by molar-refractivity contribution is 5.95. The van der Waals surface area contributed by atoms with E-state index in [1.165, 1.54) is 0 Å². The molecular weight excluding hydrogens is 432 g/mol. The van der Waals surface area contributed by atoms with Gasteiger partial charge in [0, 0.05) is 37.3 Å². The molecule has 7 heteroatoms. The standard InChI is InChI=1S/C27H30N2O5/c1-2-33-20-9-7-19(8-10-20)25(31)28-14-11-27(12-15-28)13-16-29(18-27)24(30)17-23-21-5-3-4-6-22(21)26(32)34-23/h3-10,23H,2,11-18H2,1H3. The van der Waals surface area contributed by atoms with Gasteiger partial charge in [0.15, 0.2) is 0 Å². The molecule has 3 aliphatic rings. The van der Waals surface area contributed by atoms with Gasteiger partial charge in [-0.1, -0.05) is 18.2 Å². The maximum Gasteiger partial charge on any atom is 0.339 e. The Labute approximate surface area is 199 Å². The molecule has 2 saturated heterocycles. The maximum atomic E-state index is 13.0. The Balaban J connectivity index is 1.15. The van der Waals surface area contributed by atoms with Crippen LogP contribution in [0.1, 0.15) is 65.0 Å². The van der Waals surface area contributed by atoms with E-state index in [-0.39, 0.29) is 29.6 Å². The third kappa shape index (κ3) is 4.27. The number of carbonyl (C=O) groups excluding carboxylic acids is 3. The Bertz CT molecular complexity index is 1090. The van der Waals surface area contributed by atoms with Crippen molar-refractivity contribution in [2.75, 3.05) is 32.8 Å². The average Bonchev–Trinajstić information content (AvgIpc) is 3.41. The predicted octanol–water partition coefficient (Wildman–Crippen LogP) is 3.84. The lowest BCUT2D eigenvalue weighted by Crippen LogP contribution is -2.44. The van der Waals surface area contributed by atoms with Gasteiger partial charge in [0.25, 0.3) is 5.91 Å². The molecule has 178 valence electrons. The quantitative estimate of drug-likeness (QED) is 0.631. The van der Waals surface area contributed by atoms with E-state index in [0.717, 1.165) is 30.6 Å². The van der Waals surface area contributed by atoms with Gasteiger partial charge in [-0.25, -0.2) is 4.79 Å². The number of benzene rings is 2. The van der Waals surface area contributed by atoms with Gasteiger partial charge in [0.1, 0.15) is 11.9 Å². The zero-order valence-corrected chi connectivity index (χ0v) is 19.5. The van der Waals surface area contributed by atoms with Crippen molar-refractivity contribution in [1.29, 1.82) is 0 Å². The summed E-state index contributed by atoms with van der Waals surface area (Å²) in [5.41, 5.74) is 2.10. The lowest BCUT2D eigenvalue weighted by molar-refractivity contribution is -0.132. The molecule has 0 saturated carbocycles. The van der Waals surface area contributed by atoms with Crippen molar-refractivity contribution in [3.8, 4) is 5.75 Å². The molecule has 2 amide bonds. The summed E-state index contributed by atoms with van der Waals surface area (Å²) in [6.45, 7) is 5.35. The Morgan fingerprint density at radius 3 is 2.38 bits per heavy atom. The number of cyclic esters (lactones) is 1. The van der Waals surface area contributed by atoms with Gasteiger partial charge in [-0.3, -0.25) is 9.59 Å². The highest BCUT2D eigenvalue weighted by Crippen LogP contribution is 2.42. The summed E-state index contributed by atoms with van der Waals surface area (Å²) in [4.78, 5) is 41.9. The Morgan fingerprint density at radius 2 is 1.68 bits per heavy atom. The second kappa shape index (κ2) is 9.12. The molecule has 34 heavy (non-hydrogen) atoms. The van der Waals surface area contributed by atoms with Crippen LogP contribution in [0.5, 0.6) is 5.75 Å². The lowest BCUT2D eigenvalue weighted by atomic mass is 9.77. The van der Waals surface area contributed by atoms with Crippen LogP contribution in [0, 0.1) is 5.41 Å². The zero-order valence-electron chi connectivity index (χ0n) is 19.5. The molecule has 2 fully saturated rings. The number of esters is 1. The second-order valence-corrected chi connectivity index (χ2v) is 9.50. The Kier molecular flexibility index (Phi) is 6.02. The molecule has 7 nitrogen and oxygen atoms in total. The van der Waals surface area contributed by atoms with Gasteiger partial charge in [-0.2, -0.15) is 0 Å². The molecule has 1 atom stereocenters. The van der Waals surface area contributed by atoms with E-state index in [0.29, 0.717) is 43.9 Å². The summed E-state index contributed by atoms with van der Waals surface area (Å²) >= 11 is 0. The van der Waals surface area contributed by atoms with Crippen LogP contribution in [-0.2, 0) is 9.53 Å². The molecule has 1 unspecified atom stereocenters. The van der Waals surface area contributed by atoms with Crippen LogP contribution in [0.3, 0.4) is 0 Å². The van der Waals surface area contributed by atoms with Crippen LogP contribution >= 0.6 is 0 Å². The van der Waals surface area contributed by atoms with Gasteiger partial charge in [-0.15, -0.1) is 0 Å². The number of rotatable bonds is 5. The van der Waals surface area contributed by atoms with Crippen molar-refractivity contribution >= 4 is 17.8 Å². The van der Waals surface area contributed by atoms with Gasteiger partial charge < -0.3 is 19.3 Å². The summed E-state index contributed by atoms with van der Waals surface area (Å²) in [6.07, 6.45) is 2.41. The first-order valence-electron chi connectivity index (χ1n) is 12.1. The van der Waals surface area contributed by atoms with E-state index in [1.807, 2.05) is 59.2 Å². The number of amides is 2. The summed E-state index contributed by atoms with van der Waals surface area (Å²) in [5, 5.41) is 0. The molecule has 2 aromatic rings. The number of piperidine rings is 1. The first-order valence-corrected chi connectivity index (χ1v) is 12.1. The number of likely N-dealkylation sites (tertiary alicyclic amines) is 2. The number of fused-ring (bicyclic) bond motifs is 1. The first-order chi connectivity index (χ1) is 16.5. The molecule has 3 aliphatic heterocycles. The molecule has 0 aromatic heterocycles. The second-order valence-electron chi connectivity index (χ2n) is 9.50.